The second kappa shape index (κ2) is 6.46. The van der Waals surface area contributed by atoms with Crippen LogP contribution >= 0.6 is 23.2 Å². The van der Waals surface area contributed by atoms with E-state index < -0.39 is 0 Å². The zero-order valence-electron chi connectivity index (χ0n) is 15.5. The molecule has 0 amide bonds. The average molecular weight is 401 g/mol. The molecule has 2 aliphatic carbocycles. The van der Waals surface area contributed by atoms with Crippen LogP contribution in [0.1, 0.15) is 50.0 Å². The molecule has 4 nitrogen and oxygen atoms in total. The molecule has 140 valence electrons. The van der Waals surface area contributed by atoms with Crippen molar-refractivity contribution in [2.24, 2.45) is 11.8 Å². The Hall–Kier alpha value is -1.65. The van der Waals surface area contributed by atoms with Crippen LogP contribution in [-0.2, 0) is 6.42 Å². The maximum atomic E-state index is 6.55. The average Bonchev–Trinajstić information content (AvgIpc) is 3.53. The van der Waals surface area contributed by atoms with E-state index in [9.17, 15) is 0 Å². The molecule has 0 N–H and O–H groups in total. The first-order valence-corrected chi connectivity index (χ1v) is 10.5. The molecule has 27 heavy (non-hydrogen) atoms. The number of hydrogen-bond acceptors (Lipinski definition) is 3. The second-order valence-electron chi connectivity index (χ2n) is 7.89. The monoisotopic (exact) mass is 400 g/mol. The predicted octanol–water partition coefficient (Wildman–Crippen LogP) is 6.03. The third kappa shape index (κ3) is 2.94. The summed E-state index contributed by atoms with van der Waals surface area (Å²) < 4.78 is 2.43. The predicted molar refractivity (Wildman–Crippen MR) is 109 cm³/mol. The summed E-state index contributed by atoms with van der Waals surface area (Å²) in [6, 6.07) is 4.23. The van der Waals surface area contributed by atoms with Crippen LogP contribution in [0.3, 0.4) is 0 Å². The van der Waals surface area contributed by atoms with Crippen LogP contribution in [0, 0.1) is 18.8 Å². The first-order chi connectivity index (χ1) is 13.1. The third-order valence-corrected chi connectivity index (χ3v) is 6.38. The highest BCUT2D eigenvalue weighted by Crippen LogP contribution is 2.53. The molecule has 3 aromatic rings. The van der Waals surface area contributed by atoms with Gasteiger partial charge in [0, 0.05) is 23.0 Å². The minimum absolute atomic E-state index is 0.537. The van der Waals surface area contributed by atoms with Gasteiger partial charge >= 0.3 is 0 Å². The van der Waals surface area contributed by atoms with Crippen molar-refractivity contribution < 1.29 is 0 Å². The topological polar surface area (TPSA) is 43.6 Å². The number of rotatable bonds is 5. The molecule has 0 unspecified atom stereocenters. The molecule has 2 aliphatic rings. The highest BCUT2D eigenvalue weighted by molar-refractivity contribution is 6.36. The number of imidazole rings is 1. The van der Waals surface area contributed by atoms with Crippen molar-refractivity contribution in [3.63, 3.8) is 0 Å². The zero-order chi connectivity index (χ0) is 18.7. The highest BCUT2D eigenvalue weighted by Gasteiger charge is 2.44. The summed E-state index contributed by atoms with van der Waals surface area (Å²) >= 11 is 12.7. The Morgan fingerprint density at radius 3 is 2.41 bits per heavy atom. The van der Waals surface area contributed by atoms with E-state index in [2.05, 4.69) is 21.5 Å². The molecule has 2 heterocycles. The smallest absolute Gasteiger partial charge is 0.164 e. The highest BCUT2D eigenvalue weighted by atomic mass is 35.5. The summed E-state index contributed by atoms with van der Waals surface area (Å²) in [5.74, 6) is 2.66. The molecule has 1 aromatic carbocycles. The van der Waals surface area contributed by atoms with E-state index in [0.717, 1.165) is 52.1 Å². The Kier molecular flexibility index (Phi) is 4.17. The lowest BCUT2D eigenvalue weighted by Gasteiger charge is -2.20. The maximum absolute atomic E-state index is 6.55. The van der Waals surface area contributed by atoms with E-state index in [-0.39, 0.29) is 0 Å². The molecule has 0 saturated heterocycles. The Morgan fingerprint density at radius 2 is 1.81 bits per heavy atom. The molecule has 0 aliphatic heterocycles. The first kappa shape index (κ1) is 17.4. The van der Waals surface area contributed by atoms with Crippen LogP contribution in [-0.4, -0.2) is 19.5 Å². The molecule has 0 spiro atoms. The van der Waals surface area contributed by atoms with Crippen molar-refractivity contribution in [2.45, 2.75) is 52.0 Å². The van der Waals surface area contributed by atoms with Crippen LogP contribution in [0.4, 0.5) is 0 Å². The van der Waals surface area contributed by atoms with Gasteiger partial charge in [-0.1, -0.05) is 30.1 Å². The van der Waals surface area contributed by atoms with Crippen LogP contribution in [0.5, 0.6) is 0 Å². The largest absolute Gasteiger partial charge is 0.309 e. The van der Waals surface area contributed by atoms with Gasteiger partial charge in [0.15, 0.2) is 5.65 Å². The summed E-state index contributed by atoms with van der Waals surface area (Å²) in [6.45, 7) is 4.18. The molecule has 2 saturated carbocycles. The Labute approximate surface area is 168 Å². The molecular formula is C21H22Cl2N4. The van der Waals surface area contributed by atoms with Crippen molar-refractivity contribution in [1.82, 2.24) is 19.5 Å². The number of fused-ring (bicyclic) bond motifs is 1. The quantitative estimate of drug-likeness (QED) is 0.524. The molecule has 0 atom stereocenters. The lowest BCUT2D eigenvalue weighted by Crippen LogP contribution is -2.16. The van der Waals surface area contributed by atoms with Crippen molar-refractivity contribution in [3.05, 3.63) is 39.9 Å². The molecule has 6 heteroatoms. The van der Waals surface area contributed by atoms with Crippen LogP contribution in [0.15, 0.2) is 18.5 Å². The van der Waals surface area contributed by atoms with Crippen molar-refractivity contribution in [2.75, 3.05) is 0 Å². The second-order valence-corrected chi connectivity index (χ2v) is 8.73. The summed E-state index contributed by atoms with van der Waals surface area (Å²) in [5, 5.41) is 1.24. The molecule has 0 radical (unpaired) electrons. The van der Waals surface area contributed by atoms with Gasteiger partial charge in [-0.05, 0) is 62.1 Å². The van der Waals surface area contributed by atoms with Crippen molar-refractivity contribution in [1.29, 1.82) is 0 Å². The van der Waals surface area contributed by atoms with E-state index >= 15 is 0 Å². The van der Waals surface area contributed by atoms with Gasteiger partial charge in [0.1, 0.15) is 23.4 Å². The molecule has 2 aromatic heterocycles. The minimum Gasteiger partial charge on any atom is -0.309 e. The van der Waals surface area contributed by atoms with Gasteiger partial charge in [-0.3, -0.25) is 0 Å². The number of aryl methyl sites for hydroxylation is 2. The fraction of sp³-hybridized carbons (Fsp3) is 0.476. The van der Waals surface area contributed by atoms with Gasteiger partial charge in [-0.15, -0.1) is 0 Å². The zero-order valence-corrected chi connectivity index (χ0v) is 17.1. The molecular weight excluding hydrogens is 379 g/mol. The van der Waals surface area contributed by atoms with Gasteiger partial charge in [-0.2, -0.15) is 0 Å². The van der Waals surface area contributed by atoms with Gasteiger partial charge < -0.3 is 4.57 Å². The van der Waals surface area contributed by atoms with Gasteiger partial charge in [0.25, 0.3) is 0 Å². The summed E-state index contributed by atoms with van der Waals surface area (Å²) in [5.41, 5.74) is 4.51. The van der Waals surface area contributed by atoms with E-state index in [1.54, 1.807) is 12.4 Å². The number of aromatic nitrogens is 4. The van der Waals surface area contributed by atoms with E-state index in [1.807, 2.05) is 13.0 Å². The summed E-state index contributed by atoms with van der Waals surface area (Å²) in [7, 11) is 0. The Balaban J connectivity index is 1.75. The normalized spacial score (nSPS) is 17.2. The fourth-order valence-corrected chi connectivity index (χ4v) is 5.07. The summed E-state index contributed by atoms with van der Waals surface area (Å²) in [6.07, 6.45) is 7.83. The van der Waals surface area contributed by atoms with Crippen LogP contribution in [0.25, 0.3) is 22.4 Å². The third-order valence-electron chi connectivity index (χ3n) is 5.86. The van der Waals surface area contributed by atoms with Gasteiger partial charge in [0.05, 0.1) is 5.02 Å². The standard InChI is InChI=1S/C21H22Cl2N4/c1-3-16-26-19-18(17-11(2)8-14(22)9-15(17)23)24-10-25-21(19)27(16)20(12-4-5-12)13-6-7-13/h8-10,12-13,20H,3-7H2,1-2H3. The van der Waals surface area contributed by atoms with E-state index in [4.69, 9.17) is 28.2 Å². The molecule has 5 rings (SSSR count). The van der Waals surface area contributed by atoms with E-state index in [0.29, 0.717) is 16.1 Å². The van der Waals surface area contributed by atoms with Crippen LogP contribution < -0.4 is 0 Å². The fourth-order valence-electron chi connectivity index (χ4n) is 4.38. The number of halogens is 2. The lowest BCUT2D eigenvalue weighted by atomic mass is 10.0. The lowest BCUT2D eigenvalue weighted by molar-refractivity contribution is 0.391. The number of hydrogen-bond donors (Lipinski definition) is 0. The Bertz CT molecular complexity index is 999. The molecule has 2 fully saturated rings. The minimum atomic E-state index is 0.537. The molecule has 0 bridgehead atoms. The van der Waals surface area contributed by atoms with Gasteiger partial charge in [0.2, 0.25) is 0 Å². The maximum Gasteiger partial charge on any atom is 0.164 e. The first-order valence-electron chi connectivity index (χ1n) is 9.76. The van der Waals surface area contributed by atoms with Gasteiger partial charge in [-0.25, -0.2) is 15.0 Å². The van der Waals surface area contributed by atoms with Crippen molar-refractivity contribution in [3.8, 4) is 11.3 Å². The number of benzene rings is 1. The summed E-state index contributed by atoms with van der Waals surface area (Å²) in [4.78, 5) is 14.3. The van der Waals surface area contributed by atoms with Crippen LogP contribution in [0.2, 0.25) is 10.0 Å². The Morgan fingerprint density at radius 1 is 1.11 bits per heavy atom. The SMILES string of the molecule is CCc1nc2c(-c3c(C)cc(Cl)cc3Cl)ncnc2n1C(C1CC1)C1CC1. The van der Waals surface area contributed by atoms with Crippen molar-refractivity contribution >= 4 is 34.4 Å². The number of nitrogens with zero attached hydrogens (tertiary/aromatic N) is 4. The van der Waals surface area contributed by atoms with E-state index in [1.165, 1.54) is 25.7 Å².